The lowest BCUT2D eigenvalue weighted by Gasteiger charge is -2.41. The molecule has 1 aliphatic rings. The van der Waals surface area contributed by atoms with Crippen LogP contribution in [0.1, 0.15) is 41.5 Å². The fraction of sp³-hybridized carbons (Fsp3) is 0.692. The minimum atomic E-state index is -0.370. The quantitative estimate of drug-likeness (QED) is 0.587. The standard InChI is InChI=1S/C13H22O/c1-9-7-13(6,12(3,4)5)8-10(2)11(9)14/h7-8,11,14H,1-6H3. The fourth-order valence-corrected chi connectivity index (χ4v) is 1.94. The van der Waals surface area contributed by atoms with E-state index in [0.717, 1.165) is 11.1 Å². The van der Waals surface area contributed by atoms with Crippen LogP contribution >= 0.6 is 0 Å². The summed E-state index contributed by atoms with van der Waals surface area (Å²) >= 11 is 0. The molecule has 0 unspecified atom stereocenters. The Balaban J connectivity index is 3.16. The number of rotatable bonds is 0. The zero-order valence-corrected chi connectivity index (χ0v) is 10.2. The highest BCUT2D eigenvalue weighted by Gasteiger charge is 2.36. The van der Waals surface area contributed by atoms with Gasteiger partial charge in [-0.2, -0.15) is 0 Å². The van der Waals surface area contributed by atoms with E-state index in [1.54, 1.807) is 0 Å². The molecule has 0 aliphatic heterocycles. The first-order valence-electron chi connectivity index (χ1n) is 5.24. The van der Waals surface area contributed by atoms with Crippen LogP contribution in [0.15, 0.2) is 23.3 Å². The normalized spacial score (nSPS) is 33.8. The highest BCUT2D eigenvalue weighted by atomic mass is 16.3. The van der Waals surface area contributed by atoms with Gasteiger partial charge in [0, 0.05) is 5.41 Å². The SMILES string of the molecule is CC1=CC(C)(C(C)(C)C)C=C(C)C1O. The molecule has 0 bridgehead atoms. The van der Waals surface area contributed by atoms with E-state index >= 15 is 0 Å². The van der Waals surface area contributed by atoms with Gasteiger partial charge in [0.25, 0.3) is 0 Å². The summed E-state index contributed by atoms with van der Waals surface area (Å²) in [6.45, 7) is 12.9. The molecular weight excluding hydrogens is 172 g/mol. The summed E-state index contributed by atoms with van der Waals surface area (Å²) in [5, 5.41) is 9.81. The van der Waals surface area contributed by atoms with Crippen LogP contribution in [0.2, 0.25) is 0 Å². The van der Waals surface area contributed by atoms with E-state index < -0.39 is 0 Å². The Labute approximate surface area is 87.5 Å². The molecule has 14 heavy (non-hydrogen) atoms. The second kappa shape index (κ2) is 3.23. The fourth-order valence-electron chi connectivity index (χ4n) is 1.94. The number of aliphatic hydroxyl groups is 1. The van der Waals surface area contributed by atoms with Gasteiger partial charge in [-0.05, 0) is 30.4 Å². The van der Waals surface area contributed by atoms with Crippen molar-refractivity contribution in [2.45, 2.75) is 47.6 Å². The lowest BCUT2D eigenvalue weighted by Crippen LogP contribution is -2.33. The van der Waals surface area contributed by atoms with Gasteiger partial charge in [0.05, 0.1) is 6.10 Å². The summed E-state index contributed by atoms with van der Waals surface area (Å²) < 4.78 is 0. The van der Waals surface area contributed by atoms with E-state index in [9.17, 15) is 5.11 Å². The molecule has 1 N–H and O–H groups in total. The molecule has 0 aromatic rings. The van der Waals surface area contributed by atoms with Gasteiger partial charge in [-0.3, -0.25) is 0 Å². The summed E-state index contributed by atoms with van der Waals surface area (Å²) in [4.78, 5) is 0. The van der Waals surface area contributed by atoms with E-state index in [1.165, 1.54) is 0 Å². The Morgan fingerprint density at radius 1 is 1.14 bits per heavy atom. The Hall–Kier alpha value is -0.560. The summed E-state index contributed by atoms with van der Waals surface area (Å²) in [6, 6.07) is 0. The van der Waals surface area contributed by atoms with Crippen molar-refractivity contribution in [1.82, 2.24) is 0 Å². The molecule has 0 fully saturated rings. The Bertz CT molecular complexity index is 269. The summed E-state index contributed by atoms with van der Waals surface area (Å²) in [6.07, 6.45) is 4.03. The number of allylic oxidation sites excluding steroid dienone is 2. The molecule has 0 atom stereocenters. The van der Waals surface area contributed by atoms with E-state index in [2.05, 4.69) is 39.8 Å². The highest BCUT2D eigenvalue weighted by Crippen LogP contribution is 2.45. The van der Waals surface area contributed by atoms with Crippen molar-refractivity contribution in [2.24, 2.45) is 10.8 Å². The molecule has 0 heterocycles. The van der Waals surface area contributed by atoms with Gasteiger partial charge >= 0.3 is 0 Å². The monoisotopic (exact) mass is 194 g/mol. The average Bonchev–Trinajstić information content (AvgIpc) is 1.98. The van der Waals surface area contributed by atoms with Crippen molar-refractivity contribution in [3.8, 4) is 0 Å². The Morgan fingerprint density at radius 3 is 1.79 bits per heavy atom. The van der Waals surface area contributed by atoms with Crippen LogP contribution in [-0.4, -0.2) is 11.2 Å². The molecule has 0 saturated heterocycles. The third kappa shape index (κ3) is 1.78. The van der Waals surface area contributed by atoms with Crippen LogP contribution in [0.5, 0.6) is 0 Å². The van der Waals surface area contributed by atoms with Gasteiger partial charge in [0.15, 0.2) is 0 Å². The van der Waals surface area contributed by atoms with Crippen molar-refractivity contribution in [3.05, 3.63) is 23.3 Å². The Morgan fingerprint density at radius 2 is 1.50 bits per heavy atom. The first-order chi connectivity index (χ1) is 6.17. The lowest BCUT2D eigenvalue weighted by atomic mass is 9.64. The first kappa shape index (κ1) is 11.5. The van der Waals surface area contributed by atoms with Gasteiger partial charge in [-0.25, -0.2) is 0 Å². The minimum Gasteiger partial charge on any atom is -0.384 e. The first-order valence-corrected chi connectivity index (χ1v) is 5.24. The minimum absolute atomic E-state index is 0.0559. The molecule has 0 aromatic heterocycles. The third-order valence-electron chi connectivity index (χ3n) is 3.53. The van der Waals surface area contributed by atoms with Crippen LogP contribution < -0.4 is 0 Å². The molecular formula is C13H22O. The van der Waals surface area contributed by atoms with Crippen molar-refractivity contribution >= 4 is 0 Å². The van der Waals surface area contributed by atoms with Crippen LogP contribution in [0.3, 0.4) is 0 Å². The third-order valence-corrected chi connectivity index (χ3v) is 3.53. The lowest BCUT2D eigenvalue weighted by molar-refractivity contribution is 0.194. The maximum atomic E-state index is 9.81. The van der Waals surface area contributed by atoms with Gasteiger partial charge in [0.1, 0.15) is 0 Å². The van der Waals surface area contributed by atoms with E-state index in [1.807, 2.05) is 13.8 Å². The molecule has 1 nitrogen and oxygen atoms in total. The highest BCUT2D eigenvalue weighted by molar-refractivity contribution is 5.33. The van der Waals surface area contributed by atoms with Crippen LogP contribution in [0.25, 0.3) is 0 Å². The summed E-state index contributed by atoms with van der Waals surface area (Å²) in [7, 11) is 0. The van der Waals surface area contributed by atoms with E-state index in [-0.39, 0.29) is 16.9 Å². The van der Waals surface area contributed by atoms with Crippen molar-refractivity contribution in [1.29, 1.82) is 0 Å². The van der Waals surface area contributed by atoms with E-state index in [0.29, 0.717) is 0 Å². The van der Waals surface area contributed by atoms with Gasteiger partial charge in [-0.15, -0.1) is 0 Å². The van der Waals surface area contributed by atoms with Crippen molar-refractivity contribution < 1.29 is 5.11 Å². The maximum absolute atomic E-state index is 9.81. The van der Waals surface area contributed by atoms with Crippen LogP contribution in [0.4, 0.5) is 0 Å². The van der Waals surface area contributed by atoms with Crippen molar-refractivity contribution in [3.63, 3.8) is 0 Å². The summed E-state index contributed by atoms with van der Waals surface area (Å²) in [5.74, 6) is 0. The smallest absolute Gasteiger partial charge is 0.0956 e. The van der Waals surface area contributed by atoms with Gasteiger partial charge < -0.3 is 5.11 Å². The van der Waals surface area contributed by atoms with Gasteiger partial charge in [-0.1, -0.05) is 39.8 Å². The molecule has 0 amide bonds. The molecule has 0 radical (unpaired) electrons. The molecule has 1 rings (SSSR count). The average molecular weight is 194 g/mol. The number of hydrogen-bond donors (Lipinski definition) is 1. The second-order valence-corrected chi connectivity index (χ2v) is 5.71. The van der Waals surface area contributed by atoms with Crippen LogP contribution in [0, 0.1) is 10.8 Å². The largest absolute Gasteiger partial charge is 0.384 e. The molecule has 0 saturated carbocycles. The molecule has 1 heteroatoms. The van der Waals surface area contributed by atoms with Gasteiger partial charge in [0.2, 0.25) is 0 Å². The van der Waals surface area contributed by atoms with E-state index in [4.69, 9.17) is 0 Å². The maximum Gasteiger partial charge on any atom is 0.0956 e. The number of hydrogen-bond acceptors (Lipinski definition) is 1. The topological polar surface area (TPSA) is 20.2 Å². The Kier molecular flexibility index (Phi) is 2.66. The predicted molar refractivity (Wildman–Crippen MR) is 61.1 cm³/mol. The second-order valence-electron chi connectivity index (χ2n) is 5.71. The predicted octanol–water partition coefficient (Wildman–Crippen LogP) is 3.31. The summed E-state index contributed by atoms with van der Waals surface area (Å²) in [5.41, 5.74) is 2.39. The zero-order valence-electron chi connectivity index (χ0n) is 10.2. The molecule has 0 aromatic carbocycles. The van der Waals surface area contributed by atoms with Crippen LogP contribution in [-0.2, 0) is 0 Å². The van der Waals surface area contributed by atoms with Crippen molar-refractivity contribution in [2.75, 3.05) is 0 Å². The molecule has 0 spiro atoms. The zero-order chi connectivity index (χ0) is 11.1. The molecule has 80 valence electrons. The molecule has 1 aliphatic carbocycles. The number of aliphatic hydroxyl groups excluding tert-OH is 1.